The van der Waals surface area contributed by atoms with Crippen LogP contribution in [0, 0.1) is 11.5 Å². The molecule has 4 rings (SSSR count). The van der Waals surface area contributed by atoms with Crippen molar-refractivity contribution in [2.75, 3.05) is 56.6 Å². The van der Waals surface area contributed by atoms with E-state index in [2.05, 4.69) is 30.8 Å². The number of halogens is 6. The lowest BCUT2D eigenvalue weighted by atomic mass is 10.0. The standard InChI is InChI=1S/C22H26N8O4.2C2HF3O2/c1-3-33-21-15(27-19(31)14-12-34-16-6-7-25-20(32)18(14)16)4-5-17(28-21)29-8-10-30(11-9-29)22(24-2)26-13-23;2*3-2(4,5)1(6)7/h4-5,12H,3,6-11H2,1-2H3,(H,24,26)(H,25,32)(H,27,31);2*(H,6,7). The average Bonchev–Trinajstić information content (AvgIpc) is 3.46. The van der Waals surface area contributed by atoms with Crippen LogP contribution in [-0.2, 0) is 16.0 Å². The van der Waals surface area contributed by atoms with Crippen LogP contribution in [-0.4, -0.2) is 109 Å². The highest BCUT2D eigenvalue weighted by atomic mass is 19.4. The van der Waals surface area contributed by atoms with Crippen molar-refractivity contribution >= 4 is 41.2 Å². The number of aliphatic imine (C=N–C) groups is 1. The number of alkyl halides is 6. The van der Waals surface area contributed by atoms with E-state index in [-0.39, 0.29) is 17.0 Å². The molecule has 0 saturated carbocycles. The van der Waals surface area contributed by atoms with Crippen molar-refractivity contribution in [1.29, 1.82) is 5.26 Å². The second-order valence-electron chi connectivity index (χ2n) is 9.23. The van der Waals surface area contributed by atoms with Gasteiger partial charge in [0.05, 0.1) is 17.7 Å². The molecule has 2 amide bonds. The van der Waals surface area contributed by atoms with Gasteiger partial charge in [-0.3, -0.25) is 19.9 Å². The molecule has 0 unspecified atom stereocenters. The van der Waals surface area contributed by atoms with Crippen LogP contribution in [0.25, 0.3) is 0 Å². The summed E-state index contributed by atoms with van der Waals surface area (Å²) in [4.78, 5) is 55.8. The van der Waals surface area contributed by atoms with Crippen LogP contribution in [0.15, 0.2) is 27.8 Å². The molecular weight excluding hydrogens is 666 g/mol. The van der Waals surface area contributed by atoms with E-state index in [1.54, 1.807) is 13.1 Å². The molecule has 0 spiro atoms. The largest absolute Gasteiger partial charge is 0.490 e. The summed E-state index contributed by atoms with van der Waals surface area (Å²) in [7, 11) is 1.64. The van der Waals surface area contributed by atoms with E-state index in [0.717, 1.165) is 0 Å². The number of nitrogens with one attached hydrogen (secondary N) is 3. The lowest BCUT2D eigenvalue weighted by Crippen LogP contribution is -2.52. The summed E-state index contributed by atoms with van der Waals surface area (Å²) in [5, 5.41) is 31.2. The minimum absolute atomic E-state index is 0.175. The fourth-order valence-corrected chi connectivity index (χ4v) is 3.99. The molecule has 0 radical (unpaired) electrons. The quantitative estimate of drug-likeness (QED) is 0.0996. The predicted molar refractivity (Wildman–Crippen MR) is 151 cm³/mol. The zero-order valence-corrected chi connectivity index (χ0v) is 25.0. The molecule has 0 atom stereocenters. The number of ether oxygens (including phenoxy) is 1. The molecule has 22 heteroatoms. The Morgan fingerprint density at radius 1 is 1.10 bits per heavy atom. The van der Waals surface area contributed by atoms with Crippen molar-refractivity contribution in [3.05, 3.63) is 35.3 Å². The number of furan rings is 1. The summed E-state index contributed by atoms with van der Waals surface area (Å²) in [5.41, 5.74) is 0.846. The van der Waals surface area contributed by atoms with E-state index in [1.807, 2.05) is 24.1 Å². The zero-order chi connectivity index (χ0) is 36.2. The molecule has 0 aliphatic carbocycles. The molecule has 16 nitrogen and oxygen atoms in total. The third-order valence-electron chi connectivity index (χ3n) is 6.12. The van der Waals surface area contributed by atoms with E-state index in [0.29, 0.717) is 74.9 Å². The molecule has 2 aromatic heterocycles. The minimum Gasteiger partial charge on any atom is -0.476 e. The maximum atomic E-state index is 12.9. The number of carbonyl (C=O) groups excluding carboxylic acids is 2. The first-order valence-corrected chi connectivity index (χ1v) is 13.5. The number of nitrogens with zero attached hydrogens (tertiary/aromatic N) is 5. The van der Waals surface area contributed by atoms with Crippen molar-refractivity contribution in [3.8, 4) is 12.1 Å². The summed E-state index contributed by atoms with van der Waals surface area (Å²) < 4.78 is 74.6. The van der Waals surface area contributed by atoms with Crippen molar-refractivity contribution in [2.45, 2.75) is 25.7 Å². The number of hydrogen-bond acceptors (Lipinski definition) is 10. The fourth-order valence-electron chi connectivity index (χ4n) is 3.99. The number of amides is 2. The summed E-state index contributed by atoms with van der Waals surface area (Å²) in [6, 6.07) is 3.55. The van der Waals surface area contributed by atoms with Crippen LogP contribution in [0.3, 0.4) is 0 Å². The van der Waals surface area contributed by atoms with Gasteiger partial charge in [-0.2, -0.15) is 36.6 Å². The maximum Gasteiger partial charge on any atom is 0.490 e. The first kappa shape index (κ1) is 38.4. The second-order valence-corrected chi connectivity index (χ2v) is 9.23. The molecule has 0 bridgehead atoms. The number of anilines is 2. The van der Waals surface area contributed by atoms with Gasteiger partial charge in [-0.1, -0.05) is 0 Å². The monoisotopic (exact) mass is 694 g/mol. The highest BCUT2D eigenvalue weighted by Gasteiger charge is 2.39. The van der Waals surface area contributed by atoms with Crippen molar-refractivity contribution in [1.82, 2.24) is 20.5 Å². The summed E-state index contributed by atoms with van der Waals surface area (Å²) in [6.07, 6.45) is -6.41. The lowest BCUT2D eigenvalue weighted by Gasteiger charge is -2.36. The number of aromatic nitrogens is 1. The van der Waals surface area contributed by atoms with Crippen LogP contribution in [0.5, 0.6) is 5.88 Å². The smallest absolute Gasteiger partial charge is 0.476 e. The van der Waals surface area contributed by atoms with Gasteiger partial charge in [-0.25, -0.2) is 9.59 Å². The molecule has 0 aromatic carbocycles. The molecule has 48 heavy (non-hydrogen) atoms. The Balaban J connectivity index is 0.000000479. The summed E-state index contributed by atoms with van der Waals surface area (Å²) in [6.45, 7) is 5.36. The number of piperazine rings is 1. The van der Waals surface area contributed by atoms with E-state index < -0.39 is 30.2 Å². The Labute approximate surface area is 267 Å². The van der Waals surface area contributed by atoms with Gasteiger partial charge in [0.2, 0.25) is 11.8 Å². The number of carbonyl (C=O) groups is 4. The van der Waals surface area contributed by atoms with E-state index >= 15 is 0 Å². The topological polar surface area (TPSA) is 223 Å². The normalized spacial score (nSPS) is 14.5. The molecule has 262 valence electrons. The Morgan fingerprint density at radius 2 is 1.69 bits per heavy atom. The SMILES string of the molecule is CCOc1nc(N2CCN(C(=NC)NC#N)CC2)ccc1NC(=O)c1coc2c1C(=O)NCC2.O=C(O)C(F)(F)F.O=C(O)C(F)(F)F. The number of rotatable bonds is 5. The van der Waals surface area contributed by atoms with Crippen LogP contribution in [0.1, 0.15) is 33.4 Å². The number of carboxylic acid groups (broad SMARTS) is 2. The Morgan fingerprint density at radius 3 is 2.19 bits per heavy atom. The predicted octanol–water partition coefficient (Wildman–Crippen LogP) is 2.06. The Kier molecular flexibility index (Phi) is 13.4. The van der Waals surface area contributed by atoms with Crippen molar-refractivity contribution in [2.24, 2.45) is 4.99 Å². The van der Waals surface area contributed by atoms with E-state index in [9.17, 15) is 35.9 Å². The molecule has 2 aliphatic rings. The van der Waals surface area contributed by atoms with Crippen LogP contribution in [0.2, 0.25) is 0 Å². The van der Waals surface area contributed by atoms with Gasteiger partial charge in [0.1, 0.15) is 23.5 Å². The van der Waals surface area contributed by atoms with Crippen molar-refractivity contribution < 1.29 is 64.9 Å². The molecule has 2 aliphatic heterocycles. The Hall–Kier alpha value is -5.75. The third-order valence-corrected chi connectivity index (χ3v) is 6.12. The van der Waals surface area contributed by atoms with Gasteiger partial charge < -0.3 is 39.8 Å². The van der Waals surface area contributed by atoms with Gasteiger partial charge in [0.25, 0.3) is 11.8 Å². The molecule has 1 saturated heterocycles. The van der Waals surface area contributed by atoms with E-state index in [1.165, 1.54) is 6.26 Å². The fraction of sp³-hybridized carbons (Fsp3) is 0.423. The summed E-state index contributed by atoms with van der Waals surface area (Å²) >= 11 is 0. The molecule has 4 heterocycles. The number of fused-ring (bicyclic) bond motifs is 1. The number of nitriles is 1. The zero-order valence-electron chi connectivity index (χ0n) is 25.0. The minimum atomic E-state index is -5.08. The third kappa shape index (κ3) is 10.7. The number of pyridine rings is 1. The first-order valence-electron chi connectivity index (χ1n) is 13.5. The Bertz CT molecular complexity index is 1520. The van der Waals surface area contributed by atoms with Crippen molar-refractivity contribution in [3.63, 3.8) is 0 Å². The van der Waals surface area contributed by atoms with E-state index in [4.69, 9.17) is 34.2 Å². The molecule has 2 aromatic rings. The van der Waals surface area contributed by atoms with Gasteiger partial charge in [0, 0.05) is 46.2 Å². The first-order chi connectivity index (χ1) is 22.4. The highest BCUT2D eigenvalue weighted by molar-refractivity contribution is 6.13. The van der Waals surface area contributed by atoms with Gasteiger partial charge >= 0.3 is 24.3 Å². The number of carboxylic acids is 2. The van der Waals surface area contributed by atoms with Crippen LogP contribution >= 0.6 is 0 Å². The van der Waals surface area contributed by atoms with Gasteiger partial charge in [-0.15, -0.1) is 0 Å². The number of aliphatic carboxylic acids is 2. The number of guanidine groups is 1. The second kappa shape index (κ2) is 16.7. The van der Waals surface area contributed by atoms with Gasteiger partial charge in [-0.05, 0) is 19.1 Å². The maximum absolute atomic E-state index is 12.9. The molecule has 5 N–H and O–H groups in total. The average molecular weight is 695 g/mol. The number of hydrogen-bond donors (Lipinski definition) is 5. The molecule has 1 fully saturated rings. The highest BCUT2D eigenvalue weighted by Crippen LogP contribution is 2.29. The van der Waals surface area contributed by atoms with Crippen LogP contribution < -0.4 is 25.6 Å². The van der Waals surface area contributed by atoms with Crippen LogP contribution in [0.4, 0.5) is 37.8 Å². The molecular formula is C26H28F6N8O8. The van der Waals surface area contributed by atoms with Gasteiger partial charge in [0.15, 0.2) is 6.19 Å². The lowest BCUT2D eigenvalue weighted by molar-refractivity contribution is -0.193. The summed E-state index contributed by atoms with van der Waals surface area (Å²) in [5.74, 6) is -4.25.